The molecule has 0 bridgehead atoms. The second kappa shape index (κ2) is 4.85. The van der Waals surface area contributed by atoms with Gasteiger partial charge in [-0.2, -0.15) is 0 Å². The minimum absolute atomic E-state index is 0.193. The summed E-state index contributed by atoms with van der Waals surface area (Å²) in [6, 6.07) is 0. The third kappa shape index (κ3) is 3.66. The zero-order chi connectivity index (χ0) is 10.6. The summed E-state index contributed by atoms with van der Waals surface area (Å²) in [5, 5.41) is 2.59. The summed E-state index contributed by atoms with van der Waals surface area (Å²) in [4.78, 5) is 19.1. The quantitative estimate of drug-likeness (QED) is 0.825. The van der Waals surface area contributed by atoms with Gasteiger partial charge in [0.25, 0.3) is 0 Å². The summed E-state index contributed by atoms with van der Waals surface area (Å²) in [5.74, 6) is 0.248. The maximum Gasteiger partial charge on any atom is 0.249 e. The Morgan fingerprint density at radius 1 is 1.43 bits per heavy atom. The predicted molar refractivity (Wildman–Crippen MR) is 57.8 cm³/mol. The van der Waals surface area contributed by atoms with Gasteiger partial charge >= 0.3 is 0 Å². The third-order valence-electron chi connectivity index (χ3n) is 1.29. The SMILES string of the molecule is CC(C)=CC(=O)Nc1cnc(Br)cn1. The zero-order valence-corrected chi connectivity index (χ0v) is 9.50. The van der Waals surface area contributed by atoms with E-state index in [0.717, 1.165) is 5.57 Å². The van der Waals surface area contributed by atoms with E-state index in [2.05, 4.69) is 31.2 Å². The van der Waals surface area contributed by atoms with Crippen molar-refractivity contribution in [2.75, 3.05) is 5.32 Å². The molecule has 0 aliphatic carbocycles. The number of nitrogens with zero attached hydrogens (tertiary/aromatic N) is 2. The Bertz CT molecular complexity index is 355. The van der Waals surface area contributed by atoms with Crippen LogP contribution in [0.3, 0.4) is 0 Å². The minimum atomic E-state index is -0.193. The fraction of sp³-hybridized carbons (Fsp3) is 0.222. The van der Waals surface area contributed by atoms with Gasteiger partial charge in [0.15, 0.2) is 5.82 Å². The number of anilines is 1. The topological polar surface area (TPSA) is 54.9 Å². The molecule has 1 amide bonds. The lowest BCUT2D eigenvalue weighted by atomic mass is 10.3. The van der Waals surface area contributed by atoms with Crippen molar-refractivity contribution in [2.24, 2.45) is 0 Å². The van der Waals surface area contributed by atoms with E-state index in [0.29, 0.717) is 10.4 Å². The van der Waals surface area contributed by atoms with E-state index in [9.17, 15) is 4.79 Å². The molecule has 0 unspecified atom stereocenters. The van der Waals surface area contributed by atoms with Crippen molar-refractivity contribution in [3.63, 3.8) is 0 Å². The standard InChI is InChI=1S/C9H10BrN3O/c1-6(2)3-9(14)13-8-5-11-7(10)4-12-8/h3-5H,1-2H3,(H,12,13,14). The van der Waals surface area contributed by atoms with Gasteiger partial charge in [-0.05, 0) is 29.8 Å². The number of hydrogen-bond acceptors (Lipinski definition) is 3. The average Bonchev–Trinajstić information content (AvgIpc) is 2.07. The minimum Gasteiger partial charge on any atom is -0.306 e. The van der Waals surface area contributed by atoms with E-state index >= 15 is 0 Å². The highest BCUT2D eigenvalue weighted by molar-refractivity contribution is 9.10. The highest BCUT2D eigenvalue weighted by Crippen LogP contribution is 2.06. The highest BCUT2D eigenvalue weighted by Gasteiger charge is 1.99. The molecule has 0 saturated carbocycles. The lowest BCUT2D eigenvalue weighted by Gasteiger charge is -2.00. The molecule has 1 N–H and O–H groups in total. The second-order valence-corrected chi connectivity index (χ2v) is 3.75. The maximum atomic E-state index is 11.2. The van der Waals surface area contributed by atoms with Gasteiger partial charge in [0.2, 0.25) is 5.91 Å². The van der Waals surface area contributed by atoms with Gasteiger partial charge in [-0.1, -0.05) is 5.57 Å². The largest absolute Gasteiger partial charge is 0.306 e. The number of allylic oxidation sites excluding steroid dienone is 1. The van der Waals surface area contributed by atoms with E-state index in [1.165, 1.54) is 18.5 Å². The molecule has 0 spiro atoms. The molecule has 0 aromatic carbocycles. The summed E-state index contributed by atoms with van der Waals surface area (Å²) >= 11 is 3.15. The van der Waals surface area contributed by atoms with Crippen LogP contribution in [-0.2, 0) is 4.79 Å². The number of rotatable bonds is 2. The van der Waals surface area contributed by atoms with Crippen LogP contribution in [0, 0.1) is 0 Å². The van der Waals surface area contributed by atoms with Gasteiger partial charge in [0.05, 0.1) is 12.4 Å². The molecule has 0 aliphatic rings. The van der Waals surface area contributed by atoms with E-state index in [4.69, 9.17) is 0 Å². The van der Waals surface area contributed by atoms with Crippen LogP contribution in [0.15, 0.2) is 28.6 Å². The van der Waals surface area contributed by atoms with E-state index in [1.807, 2.05) is 13.8 Å². The van der Waals surface area contributed by atoms with Gasteiger partial charge in [0, 0.05) is 6.08 Å². The monoisotopic (exact) mass is 255 g/mol. The van der Waals surface area contributed by atoms with Gasteiger partial charge in [-0.15, -0.1) is 0 Å². The predicted octanol–water partition coefficient (Wildman–Crippen LogP) is 2.14. The van der Waals surface area contributed by atoms with E-state index < -0.39 is 0 Å². The maximum absolute atomic E-state index is 11.2. The van der Waals surface area contributed by atoms with Crippen LogP contribution in [0.1, 0.15) is 13.8 Å². The van der Waals surface area contributed by atoms with Crippen LogP contribution in [0.2, 0.25) is 0 Å². The molecule has 1 aromatic heterocycles. The van der Waals surface area contributed by atoms with Crippen molar-refractivity contribution in [3.05, 3.63) is 28.6 Å². The normalized spacial score (nSPS) is 9.36. The van der Waals surface area contributed by atoms with Gasteiger partial charge in [-0.25, -0.2) is 9.97 Å². The Morgan fingerprint density at radius 2 is 2.14 bits per heavy atom. The Labute approximate surface area is 90.6 Å². The molecule has 0 saturated heterocycles. The Morgan fingerprint density at radius 3 is 2.64 bits per heavy atom. The van der Waals surface area contributed by atoms with Crippen molar-refractivity contribution in [1.29, 1.82) is 0 Å². The Hall–Kier alpha value is -1.23. The van der Waals surface area contributed by atoms with Crippen molar-refractivity contribution in [3.8, 4) is 0 Å². The van der Waals surface area contributed by atoms with Crippen LogP contribution < -0.4 is 5.32 Å². The summed E-state index contributed by atoms with van der Waals surface area (Å²) in [5.41, 5.74) is 0.938. The number of nitrogens with one attached hydrogen (secondary N) is 1. The number of hydrogen-bond donors (Lipinski definition) is 1. The molecule has 0 aliphatic heterocycles. The summed E-state index contributed by atoms with van der Waals surface area (Å²) in [6.45, 7) is 3.71. The molecule has 5 heteroatoms. The summed E-state index contributed by atoms with van der Waals surface area (Å²) in [7, 11) is 0. The third-order valence-corrected chi connectivity index (χ3v) is 1.70. The molecule has 74 valence electrons. The lowest BCUT2D eigenvalue weighted by Crippen LogP contribution is -2.09. The average molecular weight is 256 g/mol. The summed E-state index contributed by atoms with van der Waals surface area (Å²) in [6.07, 6.45) is 4.52. The van der Waals surface area contributed by atoms with Gasteiger partial charge in [-0.3, -0.25) is 4.79 Å². The lowest BCUT2D eigenvalue weighted by molar-refractivity contribution is -0.112. The molecular formula is C9H10BrN3O. The number of aromatic nitrogens is 2. The first-order chi connectivity index (χ1) is 6.58. The van der Waals surface area contributed by atoms with Crippen LogP contribution in [-0.4, -0.2) is 15.9 Å². The van der Waals surface area contributed by atoms with Crippen molar-refractivity contribution in [1.82, 2.24) is 9.97 Å². The van der Waals surface area contributed by atoms with Crippen LogP contribution in [0.25, 0.3) is 0 Å². The smallest absolute Gasteiger partial charge is 0.249 e. The van der Waals surface area contributed by atoms with Crippen molar-refractivity contribution in [2.45, 2.75) is 13.8 Å². The number of carbonyl (C=O) groups excluding carboxylic acids is 1. The molecule has 0 fully saturated rings. The van der Waals surface area contributed by atoms with Gasteiger partial charge < -0.3 is 5.32 Å². The molecular weight excluding hydrogens is 246 g/mol. The molecule has 1 heterocycles. The van der Waals surface area contributed by atoms with Crippen LogP contribution in [0.4, 0.5) is 5.82 Å². The van der Waals surface area contributed by atoms with Crippen molar-refractivity contribution >= 4 is 27.7 Å². The van der Waals surface area contributed by atoms with Gasteiger partial charge in [0.1, 0.15) is 4.60 Å². The first-order valence-corrected chi connectivity index (χ1v) is 4.80. The molecule has 14 heavy (non-hydrogen) atoms. The molecule has 1 rings (SSSR count). The molecule has 0 radical (unpaired) electrons. The second-order valence-electron chi connectivity index (χ2n) is 2.94. The number of amides is 1. The fourth-order valence-electron chi connectivity index (χ4n) is 0.801. The molecule has 0 atom stereocenters. The Balaban J connectivity index is 2.66. The molecule has 1 aromatic rings. The zero-order valence-electron chi connectivity index (χ0n) is 7.91. The molecule has 4 nitrogen and oxygen atoms in total. The van der Waals surface area contributed by atoms with E-state index in [-0.39, 0.29) is 5.91 Å². The highest BCUT2D eigenvalue weighted by atomic mass is 79.9. The Kier molecular flexibility index (Phi) is 3.76. The van der Waals surface area contributed by atoms with Crippen molar-refractivity contribution < 1.29 is 4.79 Å². The fourth-order valence-corrected chi connectivity index (χ4v) is 1.01. The summed E-state index contributed by atoms with van der Waals surface area (Å²) < 4.78 is 0.637. The number of halogens is 1. The number of carbonyl (C=O) groups is 1. The first kappa shape index (κ1) is 10.8. The van der Waals surface area contributed by atoms with Crippen LogP contribution >= 0.6 is 15.9 Å². The van der Waals surface area contributed by atoms with E-state index in [1.54, 1.807) is 0 Å². The first-order valence-electron chi connectivity index (χ1n) is 4.01. The van der Waals surface area contributed by atoms with Crippen LogP contribution in [0.5, 0.6) is 0 Å².